The van der Waals surface area contributed by atoms with Crippen LogP contribution >= 0.6 is 0 Å². The molecule has 7 nitrogen and oxygen atoms in total. The molecule has 0 saturated heterocycles. The molecule has 0 aromatic heterocycles. The second-order valence-corrected chi connectivity index (χ2v) is 9.17. The van der Waals surface area contributed by atoms with Crippen LogP contribution < -0.4 is 10.1 Å². The van der Waals surface area contributed by atoms with E-state index in [-0.39, 0.29) is 30.9 Å². The molecule has 0 radical (unpaired) electrons. The molecule has 0 aliphatic heterocycles. The number of likely N-dealkylation sites (N-methyl/N-ethyl adjacent to an activating group) is 1. The van der Waals surface area contributed by atoms with E-state index in [0.717, 1.165) is 50.0 Å². The van der Waals surface area contributed by atoms with E-state index in [0.29, 0.717) is 26.2 Å². The van der Waals surface area contributed by atoms with Crippen molar-refractivity contribution >= 4 is 11.9 Å². The molecule has 1 amide bonds. The third-order valence-corrected chi connectivity index (χ3v) is 5.54. The molecular formula is C29H42N2O5. The third kappa shape index (κ3) is 14.5. The summed E-state index contributed by atoms with van der Waals surface area (Å²) in [6.07, 6.45) is 5.63. The molecule has 7 heteroatoms. The Kier molecular flexibility index (Phi) is 15.0. The highest BCUT2D eigenvalue weighted by Crippen LogP contribution is 2.09. The first kappa shape index (κ1) is 29.3. The number of carbonyl (C=O) groups is 2. The van der Waals surface area contributed by atoms with Crippen LogP contribution in [0.5, 0.6) is 5.75 Å². The van der Waals surface area contributed by atoms with Crippen LogP contribution in [0.3, 0.4) is 0 Å². The zero-order valence-corrected chi connectivity index (χ0v) is 21.8. The topological polar surface area (TPSA) is 77.1 Å². The number of ether oxygens (including phenoxy) is 3. The summed E-state index contributed by atoms with van der Waals surface area (Å²) in [4.78, 5) is 26.7. The maximum atomic E-state index is 12.4. The van der Waals surface area contributed by atoms with E-state index in [1.54, 1.807) is 0 Å². The van der Waals surface area contributed by atoms with E-state index in [1.807, 2.05) is 79.7 Å². The zero-order valence-electron chi connectivity index (χ0n) is 21.8. The van der Waals surface area contributed by atoms with Gasteiger partial charge in [0.15, 0.2) is 0 Å². The lowest BCUT2D eigenvalue weighted by Crippen LogP contribution is -2.43. The van der Waals surface area contributed by atoms with E-state index in [9.17, 15) is 9.59 Å². The minimum absolute atomic E-state index is 0.0144. The summed E-state index contributed by atoms with van der Waals surface area (Å²) in [7, 11) is 3.85. The van der Waals surface area contributed by atoms with Gasteiger partial charge in [-0.3, -0.25) is 9.59 Å². The molecule has 0 heterocycles. The summed E-state index contributed by atoms with van der Waals surface area (Å²) in [5, 5.41) is 3.01. The lowest BCUT2D eigenvalue weighted by molar-refractivity contribution is -0.145. The monoisotopic (exact) mass is 498 g/mol. The van der Waals surface area contributed by atoms with Crippen LogP contribution in [-0.2, 0) is 25.7 Å². The van der Waals surface area contributed by atoms with Crippen LogP contribution in [0.4, 0.5) is 0 Å². The second kappa shape index (κ2) is 18.4. The Morgan fingerprint density at radius 1 is 0.833 bits per heavy atom. The van der Waals surface area contributed by atoms with Crippen molar-refractivity contribution in [2.45, 2.75) is 57.6 Å². The van der Waals surface area contributed by atoms with Crippen LogP contribution in [0.25, 0.3) is 0 Å². The summed E-state index contributed by atoms with van der Waals surface area (Å²) in [5.41, 5.74) is 0.947. The summed E-state index contributed by atoms with van der Waals surface area (Å²) in [6, 6.07) is 19.1. The largest absolute Gasteiger partial charge is 0.491 e. The number of carbonyl (C=O) groups excluding carboxylic acids is 2. The van der Waals surface area contributed by atoms with Gasteiger partial charge in [-0.15, -0.1) is 0 Å². The molecule has 2 aromatic rings. The van der Waals surface area contributed by atoms with Gasteiger partial charge < -0.3 is 24.4 Å². The maximum absolute atomic E-state index is 12.4. The van der Waals surface area contributed by atoms with Gasteiger partial charge in [0.1, 0.15) is 19.0 Å². The van der Waals surface area contributed by atoms with Gasteiger partial charge in [-0.2, -0.15) is 0 Å². The molecule has 1 unspecified atom stereocenters. The predicted molar refractivity (Wildman–Crippen MR) is 142 cm³/mol. The van der Waals surface area contributed by atoms with Crippen LogP contribution in [0.15, 0.2) is 60.7 Å². The Bertz CT molecular complexity index is 845. The molecule has 0 spiro atoms. The van der Waals surface area contributed by atoms with E-state index in [2.05, 4.69) is 5.32 Å². The number of benzene rings is 2. The van der Waals surface area contributed by atoms with E-state index < -0.39 is 0 Å². The van der Waals surface area contributed by atoms with Crippen molar-refractivity contribution in [3.05, 3.63) is 66.2 Å². The molecule has 1 N–H and O–H groups in total. The molecule has 0 aliphatic rings. The van der Waals surface area contributed by atoms with Crippen molar-refractivity contribution in [3.8, 4) is 5.75 Å². The van der Waals surface area contributed by atoms with Crippen LogP contribution in [0, 0.1) is 0 Å². The maximum Gasteiger partial charge on any atom is 0.308 e. The average molecular weight is 499 g/mol. The Morgan fingerprint density at radius 3 is 2.22 bits per heavy atom. The van der Waals surface area contributed by atoms with E-state index in [4.69, 9.17) is 14.2 Å². The fourth-order valence-corrected chi connectivity index (χ4v) is 3.76. The molecule has 0 fully saturated rings. The highest BCUT2D eigenvalue weighted by atomic mass is 16.5. The minimum Gasteiger partial charge on any atom is -0.491 e. The molecule has 36 heavy (non-hydrogen) atoms. The first-order valence-corrected chi connectivity index (χ1v) is 12.9. The lowest BCUT2D eigenvalue weighted by atomic mass is 10.1. The Hall–Kier alpha value is -2.90. The number of hydrogen-bond donors (Lipinski definition) is 1. The van der Waals surface area contributed by atoms with Crippen LogP contribution in [0.2, 0.25) is 0 Å². The van der Waals surface area contributed by atoms with Gasteiger partial charge in [0.05, 0.1) is 19.1 Å². The molecule has 1 atom stereocenters. The summed E-state index contributed by atoms with van der Waals surface area (Å²) in [6.45, 7) is 2.70. The normalized spacial score (nSPS) is 11.8. The number of unbranched alkanes of at least 4 members (excludes halogenated alkanes) is 4. The standard InChI is InChI=1S/C29H42N2O5/c1-31(2)23-26(22-29(33)36-24-25-14-8-6-9-15-25)30-28(32)18-12-4-3-5-13-19-34-20-21-35-27-16-10-7-11-17-27/h6-11,14-17,26H,3-5,12-13,18-24H2,1-2H3,(H,30,32). The molecule has 2 rings (SSSR count). The van der Waals surface area contributed by atoms with Gasteiger partial charge in [-0.25, -0.2) is 0 Å². The fourth-order valence-electron chi connectivity index (χ4n) is 3.76. The zero-order chi connectivity index (χ0) is 25.8. The quantitative estimate of drug-likeness (QED) is 0.225. The number of hydrogen-bond acceptors (Lipinski definition) is 6. The molecule has 0 bridgehead atoms. The van der Waals surface area contributed by atoms with Crippen molar-refractivity contribution in [3.63, 3.8) is 0 Å². The molecule has 0 saturated carbocycles. The number of amides is 1. The Labute approximate surface area is 216 Å². The SMILES string of the molecule is CN(C)CC(CC(=O)OCc1ccccc1)NC(=O)CCCCCCCOCCOc1ccccc1. The third-order valence-electron chi connectivity index (χ3n) is 5.54. The number of esters is 1. The summed E-state index contributed by atoms with van der Waals surface area (Å²) < 4.78 is 16.6. The van der Waals surface area contributed by atoms with Crippen molar-refractivity contribution < 1.29 is 23.8 Å². The molecule has 0 aliphatic carbocycles. The minimum atomic E-state index is -0.306. The van der Waals surface area contributed by atoms with Crippen LogP contribution in [-0.4, -0.2) is 63.3 Å². The van der Waals surface area contributed by atoms with Gasteiger partial charge in [0, 0.05) is 19.6 Å². The fraction of sp³-hybridized carbons (Fsp3) is 0.517. The van der Waals surface area contributed by atoms with Crippen molar-refractivity contribution in [2.24, 2.45) is 0 Å². The van der Waals surface area contributed by atoms with Crippen molar-refractivity contribution in [2.75, 3.05) is 40.5 Å². The number of rotatable bonds is 19. The first-order chi connectivity index (χ1) is 17.5. The highest BCUT2D eigenvalue weighted by molar-refractivity contribution is 5.77. The number of nitrogens with one attached hydrogen (secondary N) is 1. The number of para-hydroxylation sites is 1. The molecule has 2 aromatic carbocycles. The Balaban J connectivity index is 1.49. The van der Waals surface area contributed by atoms with Gasteiger partial charge in [0.2, 0.25) is 5.91 Å². The van der Waals surface area contributed by atoms with Crippen molar-refractivity contribution in [1.29, 1.82) is 0 Å². The lowest BCUT2D eigenvalue weighted by Gasteiger charge is -2.22. The van der Waals surface area contributed by atoms with Crippen LogP contribution in [0.1, 0.15) is 50.5 Å². The molecular weight excluding hydrogens is 456 g/mol. The highest BCUT2D eigenvalue weighted by Gasteiger charge is 2.18. The average Bonchev–Trinajstić information content (AvgIpc) is 2.87. The summed E-state index contributed by atoms with van der Waals surface area (Å²) in [5.74, 6) is 0.542. The smallest absolute Gasteiger partial charge is 0.308 e. The van der Waals surface area contributed by atoms with E-state index >= 15 is 0 Å². The van der Waals surface area contributed by atoms with Crippen molar-refractivity contribution in [1.82, 2.24) is 10.2 Å². The summed E-state index contributed by atoms with van der Waals surface area (Å²) >= 11 is 0. The van der Waals surface area contributed by atoms with Gasteiger partial charge in [-0.1, -0.05) is 67.8 Å². The predicted octanol–water partition coefficient (Wildman–Crippen LogP) is 4.60. The van der Waals surface area contributed by atoms with Gasteiger partial charge in [-0.05, 0) is 44.6 Å². The van der Waals surface area contributed by atoms with Gasteiger partial charge >= 0.3 is 5.97 Å². The molecule has 198 valence electrons. The first-order valence-electron chi connectivity index (χ1n) is 12.9. The second-order valence-electron chi connectivity index (χ2n) is 9.17. The van der Waals surface area contributed by atoms with E-state index in [1.165, 1.54) is 0 Å². The Morgan fingerprint density at radius 2 is 1.50 bits per heavy atom. The number of nitrogens with zero attached hydrogens (tertiary/aromatic N) is 1. The van der Waals surface area contributed by atoms with Gasteiger partial charge in [0.25, 0.3) is 0 Å².